The third kappa shape index (κ3) is 1.55. The van der Waals surface area contributed by atoms with Crippen LogP contribution < -0.4 is 4.90 Å². The number of hydrogen-bond acceptors (Lipinski definition) is 5. The molecule has 0 fully saturated rings. The van der Waals surface area contributed by atoms with Crippen molar-refractivity contribution in [2.24, 2.45) is 0 Å². The molecule has 64 valence electrons. The lowest BCUT2D eigenvalue weighted by molar-refractivity contribution is 0.277. The molecule has 0 spiro atoms. The Morgan fingerprint density at radius 2 is 2.42 bits per heavy atom. The molecule has 1 N–H and O–H groups in total. The van der Waals surface area contributed by atoms with Gasteiger partial charge in [0.25, 0.3) is 0 Å². The van der Waals surface area contributed by atoms with Crippen LogP contribution in [0, 0.1) is 18.4 Å². The Kier molecular flexibility index (Phi) is 2.63. The maximum Gasteiger partial charge on any atom is 0.198 e. The van der Waals surface area contributed by atoms with Gasteiger partial charge < -0.3 is 5.11 Å². The Morgan fingerprint density at radius 1 is 1.75 bits per heavy atom. The van der Waals surface area contributed by atoms with Crippen LogP contribution in [0.1, 0.15) is 10.6 Å². The second kappa shape index (κ2) is 3.52. The first kappa shape index (κ1) is 8.97. The fraction of sp³-hybridized carbons (Fsp3) is 0.429. The number of anilines is 1. The minimum absolute atomic E-state index is 0.0679. The van der Waals surface area contributed by atoms with E-state index in [0.29, 0.717) is 10.8 Å². The van der Waals surface area contributed by atoms with E-state index in [1.54, 1.807) is 7.05 Å². The molecular weight excluding hydrogens is 174 g/mol. The molecule has 0 radical (unpaired) electrons. The number of aryl methyl sites for hydroxylation is 1. The highest BCUT2D eigenvalue weighted by atomic mass is 32.1. The summed E-state index contributed by atoms with van der Waals surface area (Å²) in [7, 11) is 1.64. The summed E-state index contributed by atoms with van der Waals surface area (Å²) in [5.41, 5.74) is 0.650. The van der Waals surface area contributed by atoms with Gasteiger partial charge in [0.2, 0.25) is 0 Å². The normalized spacial score (nSPS) is 9.50. The zero-order chi connectivity index (χ0) is 9.14. The molecule has 4 nitrogen and oxygen atoms in total. The van der Waals surface area contributed by atoms with Crippen molar-refractivity contribution in [3.63, 3.8) is 0 Å². The van der Waals surface area contributed by atoms with Gasteiger partial charge in [0.15, 0.2) is 11.3 Å². The first-order valence-corrected chi connectivity index (χ1v) is 4.21. The molecule has 1 aromatic rings. The van der Waals surface area contributed by atoms with Gasteiger partial charge in [0, 0.05) is 11.9 Å². The summed E-state index contributed by atoms with van der Waals surface area (Å²) in [5.74, 6) is 0. The van der Waals surface area contributed by atoms with Crippen LogP contribution in [0.3, 0.4) is 0 Å². The zero-order valence-corrected chi connectivity index (χ0v) is 7.72. The molecule has 0 amide bonds. The van der Waals surface area contributed by atoms with Gasteiger partial charge >= 0.3 is 0 Å². The van der Waals surface area contributed by atoms with Gasteiger partial charge in [-0.25, -0.2) is 4.98 Å². The van der Waals surface area contributed by atoms with Crippen molar-refractivity contribution in [2.45, 2.75) is 13.5 Å². The smallest absolute Gasteiger partial charge is 0.198 e. The first-order valence-electron chi connectivity index (χ1n) is 3.39. The van der Waals surface area contributed by atoms with Crippen molar-refractivity contribution in [3.05, 3.63) is 10.6 Å². The number of aliphatic hydroxyl groups is 1. The zero-order valence-electron chi connectivity index (χ0n) is 6.90. The van der Waals surface area contributed by atoms with Gasteiger partial charge in [0.1, 0.15) is 0 Å². The van der Waals surface area contributed by atoms with E-state index in [0.717, 1.165) is 4.88 Å². The van der Waals surface area contributed by atoms with Crippen molar-refractivity contribution in [3.8, 4) is 6.19 Å². The summed E-state index contributed by atoms with van der Waals surface area (Å²) in [5, 5.41) is 18.0. The molecular formula is C7H9N3OS. The molecule has 0 unspecified atom stereocenters. The lowest BCUT2D eigenvalue weighted by atomic mass is 10.4. The molecule has 0 aliphatic rings. The first-order chi connectivity index (χ1) is 5.69. The molecule has 0 aliphatic carbocycles. The fourth-order valence-corrected chi connectivity index (χ4v) is 1.58. The number of thiazole rings is 1. The maximum atomic E-state index is 8.83. The lowest BCUT2D eigenvalue weighted by Crippen LogP contribution is -2.07. The molecule has 0 atom stereocenters. The van der Waals surface area contributed by atoms with Gasteiger partial charge in [-0.15, -0.1) is 11.3 Å². The van der Waals surface area contributed by atoms with Crippen LogP contribution >= 0.6 is 11.3 Å². The summed E-state index contributed by atoms with van der Waals surface area (Å²) >= 11 is 1.40. The maximum absolute atomic E-state index is 8.83. The number of nitriles is 1. The van der Waals surface area contributed by atoms with Gasteiger partial charge in [-0.2, -0.15) is 5.26 Å². The Bertz CT molecular complexity index is 315. The predicted octanol–water partition coefficient (Wildman–Crippen LogP) is 0.861. The average Bonchev–Trinajstić information content (AvgIpc) is 2.45. The van der Waals surface area contributed by atoms with E-state index in [-0.39, 0.29) is 6.61 Å². The molecule has 1 rings (SSSR count). The van der Waals surface area contributed by atoms with E-state index in [1.165, 1.54) is 16.2 Å². The largest absolute Gasteiger partial charge is 0.390 e. The average molecular weight is 183 g/mol. The van der Waals surface area contributed by atoms with Gasteiger partial charge in [-0.3, -0.25) is 4.90 Å². The summed E-state index contributed by atoms with van der Waals surface area (Å²) in [4.78, 5) is 6.40. The molecule has 5 heteroatoms. The van der Waals surface area contributed by atoms with Crippen molar-refractivity contribution in [2.75, 3.05) is 11.9 Å². The molecule has 1 aromatic heterocycles. The van der Waals surface area contributed by atoms with E-state index >= 15 is 0 Å². The highest BCUT2D eigenvalue weighted by Crippen LogP contribution is 2.24. The van der Waals surface area contributed by atoms with Gasteiger partial charge in [-0.1, -0.05) is 0 Å². The molecule has 0 saturated carbocycles. The van der Waals surface area contributed by atoms with Crippen LogP contribution in [0.25, 0.3) is 0 Å². The third-order valence-corrected chi connectivity index (χ3v) is 2.56. The van der Waals surface area contributed by atoms with E-state index in [1.807, 2.05) is 13.1 Å². The number of aromatic nitrogens is 1. The number of nitrogens with zero attached hydrogens (tertiary/aromatic N) is 3. The number of aliphatic hydroxyl groups excluding tert-OH is 1. The fourth-order valence-electron chi connectivity index (χ4n) is 0.746. The quantitative estimate of drug-likeness (QED) is 0.545. The monoisotopic (exact) mass is 183 g/mol. The highest BCUT2D eigenvalue weighted by molar-refractivity contribution is 7.15. The van der Waals surface area contributed by atoms with Crippen molar-refractivity contribution >= 4 is 16.5 Å². The highest BCUT2D eigenvalue weighted by Gasteiger charge is 2.09. The molecule has 0 aromatic carbocycles. The molecule has 0 saturated heterocycles. The molecule has 0 bridgehead atoms. The Morgan fingerprint density at radius 3 is 2.83 bits per heavy atom. The van der Waals surface area contributed by atoms with Crippen molar-refractivity contribution < 1.29 is 5.11 Å². The molecule has 1 heterocycles. The van der Waals surface area contributed by atoms with Crippen LogP contribution in [0.2, 0.25) is 0 Å². The van der Waals surface area contributed by atoms with Gasteiger partial charge in [-0.05, 0) is 6.92 Å². The standard InChI is InChI=1S/C7H9N3OS/c1-5-6(3-11)9-7(12-5)10(2)4-8/h11H,3H2,1-2H3. The lowest BCUT2D eigenvalue weighted by Gasteiger charge is -2.00. The van der Waals surface area contributed by atoms with Crippen molar-refractivity contribution in [1.29, 1.82) is 5.26 Å². The second-order valence-corrected chi connectivity index (χ2v) is 3.50. The summed E-state index contributed by atoms with van der Waals surface area (Å²) in [6, 6.07) is 0. The second-order valence-electron chi connectivity index (χ2n) is 2.32. The van der Waals surface area contributed by atoms with Crippen LogP contribution in [0.5, 0.6) is 0 Å². The number of hydrogen-bond donors (Lipinski definition) is 1. The summed E-state index contributed by atoms with van der Waals surface area (Å²) in [6.07, 6.45) is 1.95. The molecule has 12 heavy (non-hydrogen) atoms. The Labute approximate surface area is 74.7 Å². The topological polar surface area (TPSA) is 60.2 Å². The van der Waals surface area contributed by atoms with E-state index in [4.69, 9.17) is 10.4 Å². The SMILES string of the molecule is Cc1sc(N(C)C#N)nc1CO. The van der Waals surface area contributed by atoms with E-state index in [9.17, 15) is 0 Å². The minimum atomic E-state index is -0.0679. The minimum Gasteiger partial charge on any atom is -0.390 e. The summed E-state index contributed by atoms with van der Waals surface area (Å²) in [6.45, 7) is 1.81. The molecule has 0 aliphatic heterocycles. The third-order valence-electron chi connectivity index (χ3n) is 1.47. The number of rotatable bonds is 2. The van der Waals surface area contributed by atoms with E-state index < -0.39 is 0 Å². The van der Waals surface area contributed by atoms with Crippen molar-refractivity contribution in [1.82, 2.24) is 4.98 Å². The van der Waals surface area contributed by atoms with Gasteiger partial charge in [0.05, 0.1) is 12.3 Å². The Balaban J connectivity index is 2.98. The van der Waals surface area contributed by atoms with Crippen LogP contribution in [0.15, 0.2) is 0 Å². The van der Waals surface area contributed by atoms with Crippen LogP contribution in [-0.4, -0.2) is 17.1 Å². The predicted molar refractivity (Wildman–Crippen MR) is 46.8 cm³/mol. The van der Waals surface area contributed by atoms with Crippen LogP contribution in [0.4, 0.5) is 5.13 Å². The van der Waals surface area contributed by atoms with Crippen LogP contribution in [-0.2, 0) is 6.61 Å². The Hall–Kier alpha value is -1.12. The van der Waals surface area contributed by atoms with E-state index in [2.05, 4.69) is 4.98 Å². The summed E-state index contributed by atoms with van der Waals surface area (Å²) < 4.78 is 0.